The van der Waals surface area contributed by atoms with E-state index in [0.717, 1.165) is 25.8 Å². The Morgan fingerprint density at radius 2 is 1.90 bits per heavy atom. The van der Waals surface area contributed by atoms with Crippen molar-refractivity contribution in [3.05, 3.63) is 16.1 Å². The van der Waals surface area contributed by atoms with E-state index in [-0.39, 0.29) is 67.4 Å². The molecule has 1 fully saturated rings. The highest BCUT2D eigenvalue weighted by Gasteiger charge is 2.35. The molecule has 42 heavy (non-hydrogen) atoms. The summed E-state index contributed by atoms with van der Waals surface area (Å²) in [5.74, 6) is -2.06. The summed E-state index contributed by atoms with van der Waals surface area (Å²) in [6, 6.07) is -1.16. The zero-order valence-electron chi connectivity index (χ0n) is 25.9. The lowest BCUT2D eigenvalue weighted by Crippen LogP contribution is -2.57. The number of ether oxygens (including phenoxy) is 2. The number of aromatic nitrogens is 1. The highest BCUT2D eigenvalue weighted by atomic mass is 32.1. The lowest BCUT2D eigenvalue weighted by molar-refractivity contribution is -0.156. The Bertz CT molecular complexity index is 1080. The Hall–Kier alpha value is -3.06. The molecule has 1 aliphatic heterocycles. The normalized spacial score (nSPS) is 17.6. The highest BCUT2D eigenvalue weighted by molar-refractivity contribution is 7.09. The number of nitrogens with zero attached hydrogens (tertiary/aromatic N) is 3. The van der Waals surface area contributed by atoms with Gasteiger partial charge in [-0.05, 0) is 38.3 Å². The van der Waals surface area contributed by atoms with Gasteiger partial charge in [0.05, 0.1) is 6.04 Å². The van der Waals surface area contributed by atoms with Crippen LogP contribution in [0.4, 0.5) is 0 Å². The molecule has 4 atom stereocenters. The van der Waals surface area contributed by atoms with Crippen molar-refractivity contribution in [3.8, 4) is 0 Å². The number of carbonyl (C=O) groups excluding carboxylic acids is 5. The van der Waals surface area contributed by atoms with Crippen molar-refractivity contribution in [2.45, 2.75) is 91.3 Å². The fourth-order valence-electron chi connectivity index (χ4n) is 4.69. The maximum atomic E-state index is 14.0. The SMILES string of the molecule is CCC(C)C(NC(=O)C1CCCCN1C)C(=O)N(CCC(OC(C)=O)c1nc(C(=O)NC)cs1)COC(=O)CC(C)C. The number of likely N-dealkylation sites (N-methyl/N-ethyl adjacent to an activating group) is 1. The zero-order chi connectivity index (χ0) is 31.4. The van der Waals surface area contributed by atoms with Crippen molar-refractivity contribution >= 4 is 41.0 Å². The van der Waals surface area contributed by atoms with E-state index >= 15 is 0 Å². The van der Waals surface area contributed by atoms with Crippen molar-refractivity contribution in [2.24, 2.45) is 11.8 Å². The smallest absolute Gasteiger partial charge is 0.307 e. The Labute approximate surface area is 252 Å². The summed E-state index contributed by atoms with van der Waals surface area (Å²) in [5.41, 5.74) is 0.192. The van der Waals surface area contributed by atoms with Crippen LogP contribution in [-0.4, -0.2) is 90.4 Å². The Balaban J connectivity index is 2.30. The molecular formula is C29H47N5O7S. The first-order valence-corrected chi connectivity index (χ1v) is 15.6. The van der Waals surface area contributed by atoms with Gasteiger partial charge in [-0.1, -0.05) is 40.5 Å². The number of likely N-dealkylation sites (tertiary alicyclic amines) is 1. The van der Waals surface area contributed by atoms with Crippen molar-refractivity contribution in [3.63, 3.8) is 0 Å². The van der Waals surface area contributed by atoms with Crippen LogP contribution >= 0.6 is 11.3 Å². The first-order chi connectivity index (χ1) is 19.9. The first-order valence-electron chi connectivity index (χ1n) is 14.7. The van der Waals surface area contributed by atoms with E-state index in [1.807, 2.05) is 39.6 Å². The third-order valence-electron chi connectivity index (χ3n) is 7.34. The Kier molecular flexibility index (Phi) is 14.3. The van der Waals surface area contributed by atoms with E-state index in [1.165, 1.54) is 30.2 Å². The fraction of sp³-hybridized carbons (Fsp3) is 0.724. The first kappa shape index (κ1) is 35.1. The van der Waals surface area contributed by atoms with Crippen molar-refractivity contribution in [1.29, 1.82) is 0 Å². The molecule has 12 nitrogen and oxygen atoms in total. The molecule has 0 spiro atoms. The fourth-order valence-corrected chi connectivity index (χ4v) is 5.55. The van der Waals surface area contributed by atoms with E-state index < -0.39 is 24.1 Å². The molecule has 0 bridgehead atoms. The molecule has 0 aliphatic carbocycles. The van der Waals surface area contributed by atoms with Crippen molar-refractivity contribution in [1.82, 2.24) is 25.4 Å². The van der Waals surface area contributed by atoms with E-state index in [9.17, 15) is 24.0 Å². The molecule has 3 amide bonds. The standard InChI is InChI=1S/C29H47N5O7S/c1-8-19(4)25(32-27(38)22-11-9-10-13-33(22)7)29(39)34(17-40-24(36)15-18(2)3)14-12-23(41-20(5)35)28-31-21(16-42-28)26(37)30-6/h16,18-19,22-23,25H,8-15,17H2,1-7H3,(H,30,37)(H,32,38). The van der Waals surface area contributed by atoms with Gasteiger partial charge in [0.15, 0.2) is 12.8 Å². The molecule has 0 radical (unpaired) electrons. The average molecular weight is 610 g/mol. The molecule has 4 unspecified atom stereocenters. The average Bonchev–Trinajstić information content (AvgIpc) is 3.44. The summed E-state index contributed by atoms with van der Waals surface area (Å²) in [7, 11) is 3.40. The zero-order valence-corrected chi connectivity index (χ0v) is 26.8. The molecule has 0 aromatic carbocycles. The predicted octanol–water partition coefficient (Wildman–Crippen LogP) is 2.89. The van der Waals surface area contributed by atoms with E-state index in [1.54, 1.807) is 5.38 Å². The minimum atomic E-state index is -0.839. The van der Waals surface area contributed by atoms with E-state index in [2.05, 4.69) is 15.6 Å². The predicted molar refractivity (Wildman–Crippen MR) is 158 cm³/mol. The van der Waals surface area contributed by atoms with Crippen LogP contribution in [0.1, 0.15) is 94.7 Å². The topological polar surface area (TPSA) is 147 Å². The van der Waals surface area contributed by atoms with Crippen molar-refractivity contribution < 1.29 is 33.4 Å². The number of carbonyl (C=O) groups is 5. The minimum Gasteiger partial charge on any atom is -0.455 e. The summed E-state index contributed by atoms with van der Waals surface area (Å²) in [6.07, 6.45) is 2.82. The van der Waals surface area contributed by atoms with Gasteiger partial charge in [-0.15, -0.1) is 11.3 Å². The summed E-state index contributed by atoms with van der Waals surface area (Å²) in [5, 5.41) is 7.47. The molecule has 13 heteroatoms. The largest absolute Gasteiger partial charge is 0.455 e. The molecular weight excluding hydrogens is 562 g/mol. The Morgan fingerprint density at radius 1 is 1.19 bits per heavy atom. The summed E-state index contributed by atoms with van der Waals surface area (Å²) >= 11 is 1.17. The van der Waals surface area contributed by atoms with Gasteiger partial charge in [0.1, 0.15) is 16.7 Å². The van der Waals surface area contributed by atoms with Crippen LogP contribution in [0.3, 0.4) is 0 Å². The van der Waals surface area contributed by atoms with Gasteiger partial charge in [0.25, 0.3) is 5.91 Å². The van der Waals surface area contributed by atoms with Crippen LogP contribution in [0.5, 0.6) is 0 Å². The van der Waals surface area contributed by atoms with Gasteiger partial charge in [-0.3, -0.25) is 28.9 Å². The third-order valence-corrected chi connectivity index (χ3v) is 8.28. The van der Waals surface area contributed by atoms with Crippen LogP contribution in [0.2, 0.25) is 0 Å². The Morgan fingerprint density at radius 3 is 2.50 bits per heavy atom. The van der Waals surface area contributed by atoms with Gasteiger partial charge < -0.3 is 25.0 Å². The number of rotatable bonds is 15. The molecule has 1 saturated heterocycles. The summed E-state index contributed by atoms with van der Waals surface area (Å²) in [6.45, 7) is 9.45. The van der Waals surface area contributed by atoms with Gasteiger partial charge in [0, 0.05) is 38.7 Å². The van der Waals surface area contributed by atoms with Crippen LogP contribution in [0.15, 0.2) is 5.38 Å². The van der Waals surface area contributed by atoms with Crippen LogP contribution in [0, 0.1) is 11.8 Å². The van der Waals surface area contributed by atoms with Crippen molar-refractivity contribution in [2.75, 3.05) is 33.9 Å². The number of amides is 3. The van der Waals surface area contributed by atoms with Gasteiger partial charge in [0.2, 0.25) is 11.8 Å². The molecule has 0 saturated carbocycles. The van der Waals surface area contributed by atoms with Gasteiger partial charge in [-0.25, -0.2) is 4.98 Å². The quantitative estimate of drug-likeness (QED) is 0.226. The van der Waals surface area contributed by atoms with Crippen LogP contribution in [-0.2, 0) is 28.7 Å². The number of thiazole rings is 1. The van der Waals surface area contributed by atoms with Crippen LogP contribution < -0.4 is 10.6 Å². The maximum Gasteiger partial charge on any atom is 0.307 e. The summed E-state index contributed by atoms with van der Waals surface area (Å²) < 4.78 is 11.0. The molecule has 1 aromatic rings. The second-order valence-electron chi connectivity index (χ2n) is 11.2. The summed E-state index contributed by atoms with van der Waals surface area (Å²) in [4.78, 5) is 71.4. The number of hydrogen-bond acceptors (Lipinski definition) is 10. The van der Waals surface area contributed by atoms with E-state index in [0.29, 0.717) is 11.4 Å². The lowest BCUT2D eigenvalue weighted by atomic mass is 9.96. The number of esters is 2. The monoisotopic (exact) mass is 609 g/mol. The third kappa shape index (κ3) is 10.6. The van der Waals surface area contributed by atoms with E-state index in [4.69, 9.17) is 9.47 Å². The minimum absolute atomic E-state index is 0.0484. The highest BCUT2D eigenvalue weighted by Crippen LogP contribution is 2.26. The number of piperidine rings is 1. The lowest BCUT2D eigenvalue weighted by Gasteiger charge is -2.35. The molecule has 2 N–H and O–H groups in total. The molecule has 2 heterocycles. The molecule has 2 rings (SSSR count). The molecule has 236 valence electrons. The molecule has 1 aliphatic rings. The van der Waals surface area contributed by atoms with Crippen LogP contribution in [0.25, 0.3) is 0 Å². The maximum absolute atomic E-state index is 14.0. The molecule has 1 aromatic heterocycles. The number of hydrogen-bond donors (Lipinski definition) is 2. The second kappa shape index (κ2) is 17.2. The van der Waals surface area contributed by atoms with Gasteiger partial charge >= 0.3 is 11.9 Å². The number of nitrogens with one attached hydrogen (secondary N) is 2. The second-order valence-corrected chi connectivity index (χ2v) is 12.1. The van der Waals surface area contributed by atoms with Gasteiger partial charge in [-0.2, -0.15) is 0 Å².